The summed E-state index contributed by atoms with van der Waals surface area (Å²) in [7, 11) is 0. The number of halogens is 3. The first-order valence-electron chi connectivity index (χ1n) is 6.40. The quantitative estimate of drug-likeness (QED) is 0.828. The third-order valence-corrected chi connectivity index (χ3v) is 4.36. The SMILES string of the molecule is OC(Cc1c(F)ccc(Br)c1F)C1CCCCC1. The Balaban J connectivity index is 2.10. The predicted molar refractivity (Wildman–Crippen MR) is 70.3 cm³/mol. The van der Waals surface area contributed by atoms with Crippen molar-refractivity contribution in [3.05, 3.63) is 33.8 Å². The summed E-state index contributed by atoms with van der Waals surface area (Å²) in [6.07, 6.45) is 4.72. The molecule has 1 fully saturated rings. The number of hydrogen-bond acceptors (Lipinski definition) is 1. The van der Waals surface area contributed by atoms with E-state index in [2.05, 4.69) is 15.9 Å². The Morgan fingerprint density at radius 2 is 1.89 bits per heavy atom. The largest absolute Gasteiger partial charge is 0.392 e. The highest BCUT2D eigenvalue weighted by Gasteiger charge is 2.24. The van der Waals surface area contributed by atoms with Gasteiger partial charge in [-0.15, -0.1) is 0 Å². The van der Waals surface area contributed by atoms with Gasteiger partial charge in [-0.05, 0) is 46.8 Å². The van der Waals surface area contributed by atoms with Gasteiger partial charge in [-0.1, -0.05) is 19.3 Å². The minimum Gasteiger partial charge on any atom is -0.392 e. The summed E-state index contributed by atoms with van der Waals surface area (Å²) in [6, 6.07) is 2.58. The van der Waals surface area contributed by atoms with Crippen LogP contribution in [0.15, 0.2) is 16.6 Å². The average Bonchev–Trinajstić information content (AvgIpc) is 2.40. The molecule has 1 saturated carbocycles. The summed E-state index contributed by atoms with van der Waals surface area (Å²) in [5, 5.41) is 10.1. The second-order valence-corrected chi connectivity index (χ2v) is 5.85. The zero-order valence-corrected chi connectivity index (χ0v) is 11.7. The monoisotopic (exact) mass is 318 g/mol. The van der Waals surface area contributed by atoms with Crippen LogP contribution < -0.4 is 0 Å². The number of aliphatic hydroxyl groups is 1. The van der Waals surface area contributed by atoms with E-state index in [4.69, 9.17) is 0 Å². The van der Waals surface area contributed by atoms with E-state index in [9.17, 15) is 13.9 Å². The summed E-state index contributed by atoms with van der Waals surface area (Å²) in [5.74, 6) is -0.994. The zero-order chi connectivity index (χ0) is 13.1. The molecule has 0 aliphatic heterocycles. The van der Waals surface area contributed by atoms with Crippen LogP contribution in [0.5, 0.6) is 0 Å². The lowest BCUT2D eigenvalue weighted by Gasteiger charge is -2.26. The maximum Gasteiger partial charge on any atom is 0.143 e. The molecule has 4 heteroatoms. The molecule has 1 N–H and O–H groups in total. The molecule has 1 aromatic rings. The van der Waals surface area contributed by atoms with E-state index in [1.54, 1.807) is 0 Å². The van der Waals surface area contributed by atoms with Gasteiger partial charge in [-0.3, -0.25) is 0 Å². The van der Waals surface area contributed by atoms with Crippen molar-refractivity contribution in [2.24, 2.45) is 5.92 Å². The molecule has 0 spiro atoms. The van der Waals surface area contributed by atoms with Crippen LogP contribution in [0, 0.1) is 17.6 Å². The topological polar surface area (TPSA) is 20.2 Å². The second-order valence-electron chi connectivity index (χ2n) is 4.99. The van der Waals surface area contributed by atoms with Crippen molar-refractivity contribution >= 4 is 15.9 Å². The summed E-state index contributed by atoms with van der Waals surface area (Å²) in [5.41, 5.74) is -0.0116. The van der Waals surface area contributed by atoms with Crippen LogP contribution in [0.3, 0.4) is 0 Å². The van der Waals surface area contributed by atoms with Gasteiger partial charge in [0.25, 0.3) is 0 Å². The first-order chi connectivity index (χ1) is 8.59. The highest BCUT2D eigenvalue weighted by Crippen LogP contribution is 2.30. The molecule has 100 valence electrons. The van der Waals surface area contributed by atoms with Crippen molar-refractivity contribution in [2.45, 2.75) is 44.6 Å². The van der Waals surface area contributed by atoms with E-state index in [1.807, 2.05) is 0 Å². The van der Waals surface area contributed by atoms with Crippen molar-refractivity contribution in [1.29, 1.82) is 0 Å². The van der Waals surface area contributed by atoms with Crippen LogP contribution in [0.2, 0.25) is 0 Å². The van der Waals surface area contributed by atoms with Gasteiger partial charge in [0.1, 0.15) is 11.6 Å². The number of rotatable bonds is 3. The van der Waals surface area contributed by atoms with E-state index < -0.39 is 17.7 Å². The molecule has 0 bridgehead atoms. The van der Waals surface area contributed by atoms with Crippen molar-refractivity contribution in [3.63, 3.8) is 0 Å². The van der Waals surface area contributed by atoms with Gasteiger partial charge in [-0.2, -0.15) is 0 Å². The van der Waals surface area contributed by atoms with Crippen molar-refractivity contribution in [3.8, 4) is 0 Å². The Labute approximate surface area is 114 Å². The third-order valence-electron chi connectivity index (χ3n) is 3.75. The van der Waals surface area contributed by atoms with Crippen LogP contribution in [0.1, 0.15) is 37.7 Å². The average molecular weight is 319 g/mol. The molecular formula is C14H17BrF2O. The highest BCUT2D eigenvalue weighted by atomic mass is 79.9. The van der Waals surface area contributed by atoms with E-state index in [0.717, 1.165) is 25.7 Å². The molecule has 1 nitrogen and oxygen atoms in total. The summed E-state index contributed by atoms with van der Waals surface area (Å²) in [4.78, 5) is 0. The standard InChI is InChI=1S/C14H17BrF2O/c15-11-6-7-12(16)10(14(11)17)8-13(18)9-4-2-1-3-5-9/h6-7,9,13,18H,1-5,8H2. The Morgan fingerprint density at radius 1 is 1.22 bits per heavy atom. The Morgan fingerprint density at radius 3 is 2.56 bits per heavy atom. The lowest BCUT2D eigenvalue weighted by atomic mass is 9.83. The minimum atomic E-state index is -0.649. The zero-order valence-electron chi connectivity index (χ0n) is 10.1. The molecule has 0 amide bonds. The lowest BCUT2D eigenvalue weighted by molar-refractivity contribution is 0.0834. The fraction of sp³-hybridized carbons (Fsp3) is 0.571. The van der Waals surface area contributed by atoms with Gasteiger partial charge in [-0.25, -0.2) is 8.78 Å². The van der Waals surface area contributed by atoms with Gasteiger partial charge in [0.2, 0.25) is 0 Å². The molecule has 1 aliphatic carbocycles. The maximum atomic E-state index is 13.8. The Hall–Kier alpha value is -0.480. The third kappa shape index (κ3) is 3.09. The number of benzene rings is 1. The minimum absolute atomic E-state index is 0.0116. The molecule has 1 unspecified atom stereocenters. The maximum absolute atomic E-state index is 13.8. The normalized spacial score (nSPS) is 18.9. The van der Waals surface area contributed by atoms with E-state index >= 15 is 0 Å². The fourth-order valence-corrected chi connectivity index (χ4v) is 3.02. The van der Waals surface area contributed by atoms with E-state index in [0.29, 0.717) is 0 Å². The Bertz CT molecular complexity index is 417. The summed E-state index contributed by atoms with van der Waals surface area (Å²) < 4.78 is 27.6. The molecule has 18 heavy (non-hydrogen) atoms. The molecule has 1 aliphatic rings. The van der Waals surface area contributed by atoms with Crippen LogP contribution in [-0.4, -0.2) is 11.2 Å². The van der Waals surface area contributed by atoms with Crippen LogP contribution in [0.25, 0.3) is 0 Å². The number of aliphatic hydroxyl groups excluding tert-OH is 1. The lowest BCUT2D eigenvalue weighted by Crippen LogP contribution is -2.25. The van der Waals surface area contributed by atoms with E-state index in [1.165, 1.54) is 18.6 Å². The molecule has 1 atom stereocenters. The van der Waals surface area contributed by atoms with Gasteiger partial charge in [0.05, 0.1) is 10.6 Å². The Kier molecular flexibility index (Phi) is 4.73. The molecule has 0 saturated heterocycles. The summed E-state index contributed by atoms with van der Waals surface area (Å²) in [6.45, 7) is 0. The van der Waals surface area contributed by atoms with Gasteiger partial charge >= 0.3 is 0 Å². The van der Waals surface area contributed by atoms with Crippen molar-refractivity contribution in [1.82, 2.24) is 0 Å². The van der Waals surface area contributed by atoms with Crippen LogP contribution in [0.4, 0.5) is 8.78 Å². The molecule has 0 radical (unpaired) electrons. The number of hydrogen-bond donors (Lipinski definition) is 1. The second kappa shape index (κ2) is 6.11. The van der Waals surface area contributed by atoms with E-state index in [-0.39, 0.29) is 22.4 Å². The molecular weight excluding hydrogens is 302 g/mol. The predicted octanol–water partition coefficient (Wildman–Crippen LogP) is 4.21. The smallest absolute Gasteiger partial charge is 0.143 e. The van der Waals surface area contributed by atoms with Gasteiger partial charge in [0.15, 0.2) is 0 Å². The molecule has 2 rings (SSSR count). The fourth-order valence-electron chi connectivity index (χ4n) is 2.65. The molecule has 0 heterocycles. The highest BCUT2D eigenvalue weighted by molar-refractivity contribution is 9.10. The molecule has 1 aromatic carbocycles. The first-order valence-corrected chi connectivity index (χ1v) is 7.19. The van der Waals surface area contributed by atoms with Crippen LogP contribution in [-0.2, 0) is 6.42 Å². The van der Waals surface area contributed by atoms with Crippen molar-refractivity contribution < 1.29 is 13.9 Å². The molecule has 0 aromatic heterocycles. The van der Waals surface area contributed by atoms with Crippen molar-refractivity contribution in [2.75, 3.05) is 0 Å². The summed E-state index contributed by atoms with van der Waals surface area (Å²) >= 11 is 3.04. The van der Waals surface area contributed by atoms with Gasteiger partial charge < -0.3 is 5.11 Å². The van der Waals surface area contributed by atoms with Gasteiger partial charge in [0, 0.05) is 12.0 Å². The van der Waals surface area contributed by atoms with Crippen LogP contribution >= 0.6 is 15.9 Å². The first kappa shape index (κ1) is 13.9.